The summed E-state index contributed by atoms with van der Waals surface area (Å²) in [6, 6.07) is 0. The van der Waals surface area contributed by atoms with Gasteiger partial charge in [-0.3, -0.25) is 12.8 Å². The number of hydrogen-bond acceptors (Lipinski definition) is 4. The molecule has 0 aromatic heterocycles. The smallest absolute Gasteiger partial charge is 0.412 e. The van der Waals surface area contributed by atoms with Crippen molar-refractivity contribution in [2.45, 2.75) is 27.7 Å². The fourth-order valence-electron chi connectivity index (χ4n) is 0.572. The monoisotopic (exact) mass is 274 g/mol. The van der Waals surface area contributed by atoms with Crippen LogP contribution in [-0.4, -0.2) is 28.6 Å². The number of ketones is 4. The molecule has 0 aliphatic rings. The summed E-state index contributed by atoms with van der Waals surface area (Å²) in [4.78, 5) is 39.9. The van der Waals surface area contributed by atoms with Crippen LogP contribution < -0.4 is 0 Å². The van der Waals surface area contributed by atoms with Gasteiger partial charge in [-0.2, -0.15) is 0 Å². The maximum absolute atomic E-state index is 9.98. The fraction of sp³-hybridized carbons (Fsp3) is 0.400. The molecule has 0 aliphatic carbocycles. The van der Waals surface area contributed by atoms with E-state index in [1.54, 1.807) is 0 Å². The molecule has 0 fully saturated rings. The van der Waals surface area contributed by atoms with E-state index in [1.807, 2.05) is 0 Å². The van der Waals surface area contributed by atoms with Gasteiger partial charge in [0.05, 0.1) is 0 Å². The molecule has 96 valence electrons. The van der Waals surface area contributed by atoms with Crippen LogP contribution in [0.5, 0.6) is 0 Å². The van der Waals surface area contributed by atoms with Gasteiger partial charge in [0.1, 0.15) is 0 Å². The van der Waals surface area contributed by atoms with Crippen molar-refractivity contribution >= 4 is 23.1 Å². The third-order valence-electron chi connectivity index (χ3n) is 0.813. The van der Waals surface area contributed by atoms with Crippen molar-refractivity contribution in [3.8, 4) is 0 Å². The van der Waals surface area contributed by atoms with Gasteiger partial charge in [0.2, 0.25) is 0 Å². The molecule has 0 aromatic carbocycles. The SMILES string of the molecule is CC(=O)[CH-]C(C)=O.CC(=O)[CH-]C(C)=O.O.[Ni+2]. The van der Waals surface area contributed by atoms with Crippen molar-refractivity contribution in [1.29, 1.82) is 0 Å². The largest absolute Gasteiger partial charge is 2.00 e. The molecule has 16 heavy (non-hydrogen) atoms. The predicted octanol–water partition coefficient (Wildman–Crippen LogP) is -0.0898. The zero-order valence-electron chi connectivity index (χ0n) is 9.60. The van der Waals surface area contributed by atoms with Gasteiger partial charge in [0.25, 0.3) is 0 Å². The fourth-order valence-corrected chi connectivity index (χ4v) is 0.572. The summed E-state index contributed by atoms with van der Waals surface area (Å²) >= 11 is 0. The molecular weight excluding hydrogens is 259 g/mol. The molecule has 0 bridgehead atoms. The number of carbonyl (C=O) groups excluding carboxylic acids is 4. The summed E-state index contributed by atoms with van der Waals surface area (Å²) in [5.41, 5.74) is 0. The van der Waals surface area contributed by atoms with Crippen LogP contribution in [0.15, 0.2) is 0 Å². The Labute approximate surface area is 105 Å². The average Bonchev–Trinajstić information content (AvgIpc) is 1.79. The number of rotatable bonds is 4. The third kappa shape index (κ3) is 38.4. The van der Waals surface area contributed by atoms with E-state index in [-0.39, 0.29) is 45.1 Å². The van der Waals surface area contributed by atoms with Crippen LogP contribution in [0.1, 0.15) is 27.7 Å². The van der Waals surface area contributed by atoms with Gasteiger partial charge in [-0.25, -0.2) is 0 Å². The predicted molar refractivity (Wildman–Crippen MR) is 54.9 cm³/mol. The van der Waals surface area contributed by atoms with Crippen LogP contribution in [0, 0.1) is 12.8 Å². The van der Waals surface area contributed by atoms with Crippen LogP contribution in [-0.2, 0) is 35.7 Å². The molecule has 0 unspecified atom stereocenters. The molecule has 6 heteroatoms. The summed E-state index contributed by atoms with van der Waals surface area (Å²) in [6.07, 6.45) is 2.11. The maximum atomic E-state index is 9.98. The van der Waals surface area contributed by atoms with Crippen molar-refractivity contribution in [2.24, 2.45) is 0 Å². The Morgan fingerprint density at radius 3 is 0.750 bits per heavy atom. The van der Waals surface area contributed by atoms with Crippen LogP contribution in [0.2, 0.25) is 0 Å². The van der Waals surface area contributed by atoms with Crippen molar-refractivity contribution in [2.75, 3.05) is 0 Å². The first-order valence-corrected chi connectivity index (χ1v) is 3.97. The van der Waals surface area contributed by atoms with Gasteiger partial charge in [0.15, 0.2) is 0 Å². The molecule has 0 aromatic rings. The molecule has 0 rings (SSSR count). The van der Waals surface area contributed by atoms with Gasteiger partial charge in [-0.1, -0.05) is 0 Å². The normalized spacial score (nSPS) is 6.75. The molecular formula is C10H16NiO5. The summed E-state index contributed by atoms with van der Waals surface area (Å²) in [6.45, 7) is 5.39. The van der Waals surface area contributed by atoms with Gasteiger partial charge < -0.3 is 24.7 Å². The molecule has 5 nitrogen and oxygen atoms in total. The van der Waals surface area contributed by atoms with Crippen molar-refractivity contribution in [3.63, 3.8) is 0 Å². The Morgan fingerprint density at radius 1 is 0.625 bits per heavy atom. The Morgan fingerprint density at radius 2 is 0.750 bits per heavy atom. The first kappa shape index (κ1) is 24.2. The van der Waals surface area contributed by atoms with Gasteiger partial charge >= 0.3 is 16.5 Å². The molecule has 0 saturated heterocycles. The Bertz CT molecular complexity index is 198. The molecule has 0 aliphatic heterocycles. The Hall–Kier alpha value is -1.13. The molecule has 0 saturated carbocycles. The van der Waals surface area contributed by atoms with Crippen molar-refractivity contribution in [3.05, 3.63) is 12.8 Å². The van der Waals surface area contributed by atoms with E-state index in [0.29, 0.717) is 0 Å². The molecule has 0 spiro atoms. The zero-order valence-corrected chi connectivity index (χ0v) is 10.6. The Kier molecular flexibility index (Phi) is 21.0. The molecule has 0 heterocycles. The van der Waals surface area contributed by atoms with Crippen LogP contribution >= 0.6 is 0 Å². The topological polar surface area (TPSA) is 99.8 Å². The zero-order chi connectivity index (χ0) is 11.7. The van der Waals surface area contributed by atoms with E-state index in [2.05, 4.69) is 0 Å². The van der Waals surface area contributed by atoms with Gasteiger partial charge in [-0.15, -0.1) is 0 Å². The standard InChI is InChI=1S/2C5H7O2.Ni.H2O/c2*1-4(6)3-5(2)7;;/h2*3H,1-2H3;;1H2/q2*-1;+2;. The first-order valence-electron chi connectivity index (χ1n) is 3.97. The van der Waals surface area contributed by atoms with E-state index < -0.39 is 0 Å². The first-order chi connectivity index (χ1) is 6.25. The van der Waals surface area contributed by atoms with Crippen molar-refractivity contribution < 1.29 is 41.1 Å². The van der Waals surface area contributed by atoms with Crippen molar-refractivity contribution in [1.82, 2.24) is 0 Å². The molecule has 0 amide bonds. The van der Waals surface area contributed by atoms with E-state index in [0.717, 1.165) is 12.8 Å². The second kappa shape index (κ2) is 13.9. The molecule has 0 radical (unpaired) electrons. The summed E-state index contributed by atoms with van der Waals surface area (Å²) < 4.78 is 0. The Balaban J connectivity index is -0.0000000800. The van der Waals surface area contributed by atoms with Crippen LogP contribution in [0.3, 0.4) is 0 Å². The second-order valence-electron chi connectivity index (χ2n) is 2.73. The molecule has 0 atom stereocenters. The minimum absolute atomic E-state index is 0. The minimum Gasteiger partial charge on any atom is -0.412 e. The van der Waals surface area contributed by atoms with Crippen LogP contribution in [0.25, 0.3) is 0 Å². The summed E-state index contributed by atoms with van der Waals surface area (Å²) in [7, 11) is 0. The third-order valence-corrected chi connectivity index (χ3v) is 0.813. The van der Waals surface area contributed by atoms with Crippen LogP contribution in [0.4, 0.5) is 0 Å². The summed E-state index contributed by atoms with van der Waals surface area (Å²) in [5.74, 6) is -0.750. The van der Waals surface area contributed by atoms with E-state index in [1.165, 1.54) is 27.7 Å². The minimum atomic E-state index is -0.187. The van der Waals surface area contributed by atoms with E-state index in [4.69, 9.17) is 0 Å². The van der Waals surface area contributed by atoms with E-state index >= 15 is 0 Å². The molecule has 2 N–H and O–H groups in total. The number of hydrogen-bond donors (Lipinski definition) is 0. The average molecular weight is 275 g/mol. The number of Topliss-reactive ketones (excluding diaryl/α,β-unsaturated/α-hetero) is 4. The second-order valence-corrected chi connectivity index (χ2v) is 2.73. The maximum Gasteiger partial charge on any atom is 2.00 e. The number of carbonyl (C=O) groups is 4. The van der Waals surface area contributed by atoms with Gasteiger partial charge in [-0.05, 0) is 27.7 Å². The van der Waals surface area contributed by atoms with Gasteiger partial charge in [0, 0.05) is 23.1 Å². The summed E-state index contributed by atoms with van der Waals surface area (Å²) in [5, 5.41) is 0. The quantitative estimate of drug-likeness (QED) is 0.406. The van der Waals surface area contributed by atoms with E-state index in [9.17, 15) is 19.2 Å².